The molecule has 0 fully saturated rings. The third-order valence-electron chi connectivity index (χ3n) is 3.06. The van der Waals surface area contributed by atoms with E-state index >= 15 is 0 Å². The van der Waals surface area contributed by atoms with Gasteiger partial charge in [0.25, 0.3) is 11.5 Å². The molecule has 0 saturated carbocycles. The maximum atomic E-state index is 12.3. The minimum Gasteiger partial charge on any atom is -0.467 e. The Labute approximate surface area is 128 Å². The lowest BCUT2D eigenvalue weighted by Crippen LogP contribution is -2.39. The predicted octanol–water partition coefficient (Wildman–Crippen LogP) is 0.727. The molecule has 3 aromatic rings. The summed E-state index contributed by atoms with van der Waals surface area (Å²) in [5.74, 6) is -0.188. The van der Waals surface area contributed by atoms with Crippen LogP contribution >= 0.6 is 0 Å². The fourth-order valence-corrected chi connectivity index (χ4v) is 1.98. The summed E-state index contributed by atoms with van der Waals surface area (Å²) < 4.78 is 10.8. The van der Waals surface area contributed by atoms with Gasteiger partial charge < -0.3 is 13.9 Å². The molecule has 1 amide bonds. The molecule has 3 aromatic heterocycles. The molecule has 2 N–H and O–H groups in total. The second kappa shape index (κ2) is 5.79. The summed E-state index contributed by atoms with van der Waals surface area (Å²) in [6.07, 6.45) is 2.49. The van der Waals surface area contributed by atoms with E-state index in [2.05, 4.69) is 15.5 Å². The number of aromatic nitrogens is 3. The first kappa shape index (κ1) is 14.6. The molecule has 3 rings (SSSR count). The van der Waals surface area contributed by atoms with Crippen molar-refractivity contribution in [3.8, 4) is 0 Å². The van der Waals surface area contributed by atoms with Gasteiger partial charge in [0.05, 0.1) is 18.5 Å². The number of rotatable bonds is 4. The van der Waals surface area contributed by atoms with Crippen LogP contribution in [0.1, 0.15) is 21.8 Å². The van der Waals surface area contributed by atoms with Crippen molar-refractivity contribution >= 4 is 11.8 Å². The fraction of sp³-hybridized carbons (Fsp3) is 0.143. The summed E-state index contributed by atoms with van der Waals surface area (Å²) >= 11 is 0. The third-order valence-corrected chi connectivity index (χ3v) is 3.06. The summed E-state index contributed by atoms with van der Waals surface area (Å²) in [5, 5.41) is 6.02. The molecule has 118 valence electrons. The molecule has 0 atom stereocenters. The smallest absolute Gasteiger partial charge is 0.328 e. The van der Waals surface area contributed by atoms with Crippen molar-refractivity contribution in [3.63, 3.8) is 0 Å². The summed E-state index contributed by atoms with van der Waals surface area (Å²) in [4.78, 5) is 38.7. The SMILES string of the molecule is Cc1cc(NC(=O)c2c[nH]c(=O)n(Cc3ccco3)c2=O)on1. The summed E-state index contributed by atoms with van der Waals surface area (Å²) in [5.41, 5.74) is -1.03. The van der Waals surface area contributed by atoms with E-state index in [1.54, 1.807) is 19.1 Å². The molecule has 0 bridgehead atoms. The number of aromatic amines is 1. The Bertz CT molecular complexity index is 948. The van der Waals surface area contributed by atoms with E-state index in [4.69, 9.17) is 8.94 Å². The van der Waals surface area contributed by atoms with Crippen LogP contribution in [-0.2, 0) is 6.54 Å². The highest BCUT2D eigenvalue weighted by Crippen LogP contribution is 2.09. The largest absolute Gasteiger partial charge is 0.467 e. The molecule has 0 aromatic carbocycles. The van der Waals surface area contributed by atoms with Crippen LogP contribution in [0, 0.1) is 6.92 Å². The molecule has 0 radical (unpaired) electrons. The molecular weight excluding hydrogens is 304 g/mol. The maximum absolute atomic E-state index is 12.3. The first-order chi connectivity index (χ1) is 11.0. The van der Waals surface area contributed by atoms with Gasteiger partial charge in [-0.05, 0) is 19.1 Å². The number of amides is 1. The zero-order valence-electron chi connectivity index (χ0n) is 12.0. The molecule has 9 nitrogen and oxygen atoms in total. The van der Waals surface area contributed by atoms with Gasteiger partial charge in [0.2, 0.25) is 5.88 Å². The molecule has 0 saturated heterocycles. The van der Waals surface area contributed by atoms with Crippen molar-refractivity contribution in [3.05, 3.63) is 68.5 Å². The first-order valence-corrected chi connectivity index (χ1v) is 6.64. The fourth-order valence-electron chi connectivity index (χ4n) is 1.98. The topological polar surface area (TPSA) is 123 Å². The van der Waals surface area contributed by atoms with Gasteiger partial charge in [-0.25, -0.2) is 4.79 Å². The maximum Gasteiger partial charge on any atom is 0.328 e. The lowest BCUT2D eigenvalue weighted by molar-refractivity contribution is 0.102. The number of aryl methyl sites for hydroxylation is 1. The highest BCUT2D eigenvalue weighted by molar-refractivity contribution is 6.03. The van der Waals surface area contributed by atoms with Gasteiger partial charge >= 0.3 is 5.69 Å². The molecule has 0 spiro atoms. The van der Waals surface area contributed by atoms with Crippen molar-refractivity contribution in [2.75, 3.05) is 5.32 Å². The van der Waals surface area contributed by atoms with E-state index in [0.717, 1.165) is 10.8 Å². The third kappa shape index (κ3) is 2.98. The second-order valence-corrected chi connectivity index (χ2v) is 4.76. The van der Waals surface area contributed by atoms with Crippen molar-refractivity contribution in [1.29, 1.82) is 0 Å². The highest BCUT2D eigenvalue weighted by atomic mass is 16.5. The first-order valence-electron chi connectivity index (χ1n) is 6.64. The molecular formula is C14H12N4O5. The van der Waals surface area contributed by atoms with Crippen molar-refractivity contribution in [2.45, 2.75) is 13.5 Å². The van der Waals surface area contributed by atoms with Crippen LogP contribution in [0.2, 0.25) is 0 Å². The van der Waals surface area contributed by atoms with Gasteiger partial charge in [-0.1, -0.05) is 5.16 Å². The lowest BCUT2D eigenvalue weighted by Gasteiger charge is -2.05. The van der Waals surface area contributed by atoms with Crippen LogP contribution in [-0.4, -0.2) is 20.6 Å². The van der Waals surface area contributed by atoms with Crippen LogP contribution in [0.15, 0.2) is 49.2 Å². The van der Waals surface area contributed by atoms with Gasteiger partial charge in [0.15, 0.2) is 0 Å². The quantitative estimate of drug-likeness (QED) is 0.731. The van der Waals surface area contributed by atoms with E-state index < -0.39 is 17.2 Å². The van der Waals surface area contributed by atoms with E-state index in [1.165, 1.54) is 12.3 Å². The van der Waals surface area contributed by atoms with Crippen LogP contribution < -0.4 is 16.6 Å². The molecule has 23 heavy (non-hydrogen) atoms. The monoisotopic (exact) mass is 316 g/mol. The second-order valence-electron chi connectivity index (χ2n) is 4.76. The average Bonchev–Trinajstić information content (AvgIpc) is 3.15. The minimum absolute atomic E-state index is 0.0797. The Morgan fingerprint density at radius 1 is 1.43 bits per heavy atom. The Morgan fingerprint density at radius 3 is 2.91 bits per heavy atom. The number of carbonyl (C=O) groups is 1. The minimum atomic E-state index is -0.737. The number of carbonyl (C=O) groups excluding carboxylic acids is 1. The van der Waals surface area contributed by atoms with Gasteiger partial charge in [-0.2, -0.15) is 0 Å². The Balaban J connectivity index is 1.92. The van der Waals surface area contributed by atoms with Gasteiger partial charge in [0, 0.05) is 12.3 Å². The zero-order chi connectivity index (χ0) is 16.4. The van der Waals surface area contributed by atoms with Gasteiger partial charge in [-0.15, -0.1) is 0 Å². The number of furan rings is 1. The Hall–Kier alpha value is -3.36. The van der Waals surface area contributed by atoms with Crippen LogP contribution in [0.4, 0.5) is 5.88 Å². The lowest BCUT2D eigenvalue weighted by atomic mass is 10.3. The number of nitrogens with one attached hydrogen (secondary N) is 2. The van der Waals surface area contributed by atoms with E-state index in [-0.39, 0.29) is 18.0 Å². The van der Waals surface area contributed by atoms with Crippen LogP contribution in [0.25, 0.3) is 0 Å². The molecule has 9 heteroatoms. The standard InChI is InChI=1S/C14H12N4O5/c1-8-5-11(23-17-8)16-12(19)10-6-15-14(21)18(13(10)20)7-9-3-2-4-22-9/h2-6H,7H2,1H3,(H,15,21)(H,16,19). The normalized spacial score (nSPS) is 10.7. The zero-order valence-corrected chi connectivity index (χ0v) is 12.0. The van der Waals surface area contributed by atoms with E-state index in [9.17, 15) is 14.4 Å². The Kier molecular flexibility index (Phi) is 3.67. The van der Waals surface area contributed by atoms with Crippen LogP contribution in [0.3, 0.4) is 0 Å². The highest BCUT2D eigenvalue weighted by Gasteiger charge is 2.17. The molecule has 0 aliphatic heterocycles. The number of hydrogen-bond acceptors (Lipinski definition) is 6. The van der Waals surface area contributed by atoms with Crippen molar-refractivity contribution in [2.24, 2.45) is 0 Å². The number of H-pyrrole nitrogens is 1. The predicted molar refractivity (Wildman–Crippen MR) is 78.3 cm³/mol. The van der Waals surface area contributed by atoms with E-state index in [0.29, 0.717) is 11.5 Å². The average molecular weight is 316 g/mol. The molecule has 3 heterocycles. The number of hydrogen-bond donors (Lipinski definition) is 2. The summed E-state index contributed by atoms with van der Waals surface area (Å²) in [6.45, 7) is 1.61. The molecule has 0 aliphatic carbocycles. The van der Waals surface area contributed by atoms with Gasteiger partial charge in [-0.3, -0.25) is 19.5 Å². The van der Waals surface area contributed by atoms with E-state index in [1.807, 2.05) is 0 Å². The number of nitrogens with zero attached hydrogens (tertiary/aromatic N) is 2. The molecule has 0 unspecified atom stereocenters. The summed E-state index contributed by atoms with van der Waals surface area (Å²) in [7, 11) is 0. The molecule has 0 aliphatic rings. The Morgan fingerprint density at radius 2 is 2.26 bits per heavy atom. The van der Waals surface area contributed by atoms with Crippen molar-refractivity contribution < 1.29 is 13.7 Å². The van der Waals surface area contributed by atoms with Crippen molar-refractivity contribution in [1.82, 2.24) is 14.7 Å². The summed E-state index contributed by atoms with van der Waals surface area (Å²) in [6, 6.07) is 4.76. The van der Waals surface area contributed by atoms with Crippen LogP contribution in [0.5, 0.6) is 0 Å². The number of anilines is 1. The van der Waals surface area contributed by atoms with Gasteiger partial charge in [0.1, 0.15) is 11.3 Å².